The number of carbonyl (C=O) groups is 1. The van der Waals surface area contributed by atoms with Gasteiger partial charge < -0.3 is 9.29 Å². The van der Waals surface area contributed by atoms with Crippen LogP contribution in [-0.2, 0) is 4.79 Å². The van der Waals surface area contributed by atoms with Gasteiger partial charge in [0, 0.05) is 18.5 Å². The number of carbonyl (C=O) groups excluding carboxylic acids is 1. The highest BCUT2D eigenvalue weighted by atomic mass is 32.2. The lowest BCUT2D eigenvalue weighted by Crippen LogP contribution is -2.12. The van der Waals surface area contributed by atoms with Crippen molar-refractivity contribution in [3.8, 4) is 5.75 Å². The monoisotopic (exact) mass is 284 g/mol. The summed E-state index contributed by atoms with van der Waals surface area (Å²) in [5, 5.41) is 0. The van der Waals surface area contributed by atoms with Crippen LogP contribution in [-0.4, -0.2) is 10.5 Å². The number of halogens is 4. The summed E-state index contributed by atoms with van der Waals surface area (Å²) in [6, 6.07) is 0. The summed E-state index contributed by atoms with van der Waals surface area (Å²) in [6.45, 7) is 1.61. The maximum Gasteiger partial charge on any atom is 0.311 e. The molecule has 1 N–H and O–H groups in total. The molecule has 1 aromatic rings. The number of esters is 1. The molecule has 0 saturated heterocycles. The predicted octanol–water partition coefficient (Wildman–Crippen LogP) is 3.51. The van der Waals surface area contributed by atoms with E-state index in [1.54, 1.807) is 6.92 Å². The minimum Gasteiger partial charge on any atom is -0.420 e. The molecule has 0 aromatic heterocycles. The van der Waals surface area contributed by atoms with Gasteiger partial charge in [-0.3, -0.25) is 4.79 Å². The van der Waals surface area contributed by atoms with E-state index >= 15 is 0 Å². The van der Waals surface area contributed by atoms with Crippen LogP contribution in [0.25, 0.3) is 0 Å². The number of benzene rings is 1. The molecule has 0 spiro atoms. The van der Waals surface area contributed by atoms with Crippen molar-refractivity contribution in [3.05, 3.63) is 23.3 Å². The Kier molecular flexibility index (Phi) is 4.97. The molecule has 18 heavy (non-hydrogen) atoms. The molecule has 0 heterocycles. The number of hydrogen-bond donors (Lipinski definition) is 1. The molecule has 0 amide bonds. The fraction of sp³-hybridized carbons (Fsp3) is 0.300. The summed E-state index contributed by atoms with van der Waals surface area (Å²) >= 11 is -0.482. The second kappa shape index (κ2) is 6.05. The van der Waals surface area contributed by atoms with Crippen LogP contribution in [0.1, 0.15) is 19.8 Å². The molecule has 0 unspecified atom stereocenters. The fourth-order valence-corrected chi connectivity index (χ4v) is 1.47. The Morgan fingerprint density at radius 3 is 2.06 bits per heavy atom. The average molecular weight is 284 g/mol. The van der Waals surface area contributed by atoms with Crippen LogP contribution in [0.5, 0.6) is 5.75 Å². The van der Waals surface area contributed by atoms with Gasteiger partial charge in [0.15, 0.2) is 11.6 Å². The van der Waals surface area contributed by atoms with Crippen LogP contribution >= 0.6 is 12.0 Å². The van der Waals surface area contributed by atoms with Gasteiger partial charge in [-0.05, 0) is 6.42 Å². The quantitative estimate of drug-likeness (QED) is 0.302. The van der Waals surface area contributed by atoms with Crippen LogP contribution in [0, 0.1) is 23.3 Å². The highest BCUT2D eigenvalue weighted by molar-refractivity contribution is 7.93. The molecule has 0 saturated carbocycles. The Morgan fingerprint density at radius 2 is 1.67 bits per heavy atom. The highest BCUT2D eigenvalue weighted by Crippen LogP contribution is 2.34. The summed E-state index contributed by atoms with van der Waals surface area (Å²) in [7, 11) is 0. The van der Waals surface area contributed by atoms with Crippen molar-refractivity contribution >= 4 is 18.0 Å². The smallest absolute Gasteiger partial charge is 0.311 e. The van der Waals surface area contributed by atoms with Crippen LogP contribution in [0.4, 0.5) is 17.6 Å². The van der Waals surface area contributed by atoms with Crippen LogP contribution < -0.4 is 4.74 Å². The van der Waals surface area contributed by atoms with E-state index in [2.05, 4.69) is 4.74 Å². The molecule has 8 heteroatoms. The lowest BCUT2D eigenvalue weighted by molar-refractivity contribution is -0.134. The van der Waals surface area contributed by atoms with Crippen molar-refractivity contribution < 1.29 is 31.6 Å². The third-order valence-electron chi connectivity index (χ3n) is 1.94. The molecule has 0 atom stereocenters. The molecule has 0 bridgehead atoms. The minimum absolute atomic E-state index is 0.154. The van der Waals surface area contributed by atoms with Gasteiger partial charge in [0.25, 0.3) is 0 Å². The second-order valence-electron chi connectivity index (χ2n) is 3.23. The van der Waals surface area contributed by atoms with Gasteiger partial charge in [-0.25, -0.2) is 8.78 Å². The number of ether oxygens (including phenoxy) is 1. The van der Waals surface area contributed by atoms with Gasteiger partial charge in [0.1, 0.15) is 4.90 Å². The third-order valence-corrected chi connectivity index (χ3v) is 2.49. The standard InChI is InChI=1S/C10H8F4O3S/c1-2-3-4(15)17-9-5(11)7(13)10(18-16)8(14)6(9)12/h16H,2-3H2,1H3. The molecule has 0 aliphatic heterocycles. The Morgan fingerprint density at radius 1 is 1.17 bits per heavy atom. The molecule has 0 aliphatic rings. The Bertz CT molecular complexity index is 450. The van der Waals surface area contributed by atoms with Gasteiger partial charge in [-0.1, -0.05) is 6.92 Å². The molecule has 0 aliphatic carbocycles. The SMILES string of the molecule is CCCC(=O)Oc1c(F)c(F)c(SO)c(F)c1F. The van der Waals surface area contributed by atoms with E-state index < -0.39 is 51.9 Å². The Labute approximate surface area is 104 Å². The highest BCUT2D eigenvalue weighted by Gasteiger charge is 2.28. The normalized spacial score (nSPS) is 10.6. The zero-order chi connectivity index (χ0) is 13.9. The molecule has 1 rings (SSSR count). The number of hydrogen-bond acceptors (Lipinski definition) is 4. The minimum atomic E-state index is -1.87. The maximum absolute atomic E-state index is 13.3. The van der Waals surface area contributed by atoms with Crippen molar-refractivity contribution in [3.63, 3.8) is 0 Å². The topological polar surface area (TPSA) is 46.5 Å². The summed E-state index contributed by atoms with van der Waals surface area (Å²) in [6.07, 6.45) is 0.191. The molecular weight excluding hydrogens is 276 g/mol. The third kappa shape index (κ3) is 2.75. The van der Waals surface area contributed by atoms with E-state index in [9.17, 15) is 22.4 Å². The lowest BCUT2D eigenvalue weighted by atomic mass is 10.3. The first-order valence-electron chi connectivity index (χ1n) is 4.82. The van der Waals surface area contributed by atoms with Gasteiger partial charge in [-0.2, -0.15) is 8.78 Å². The summed E-state index contributed by atoms with van der Waals surface area (Å²) in [4.78, 5) is 9.80. The summed E-state index contributed by atoms with van der Waals surface area (Å²) in [5.41, 5.74) is 0. The predicted molar refractivity (Wildman–Crippen MR) is 55.3 cm³/mol. The first-order chi connectivity index (χ1) is 8.43. The zero-order valence-corrected chi connectivity index (χ0v) is 9.91. The van der Waals surface area contributed by atoms with E-state index in [-0.39, 0.29) is 6.42 Å². The maximum atomic E-state index is 13.3. The molecule has 1 aromatic carbocycles. The summed E-state index contributed by atoms with van der Waals surface area (Å²) < 4.78 is 65.7. The molecule has 0 radical (unpaired) electrons. The first kappa shape index (κ1) is 14.8. The van der Waals surface area contributed by atoms with Gasteiger partial charge in [0.05, 0.1) is 0 Å². The first-order valence-corrected chi connectivity index (χ1v) is 5.59. The van der Waals surface area contributed by atoms with Crippen LogP contribution in [0.3, 0.4) is 0 Å². The lowest BCUT2D eigenvalue weighted by Gasteiger charge is -2.09. The zero-order valence-electron chi connectivity index (χ0n) is 9.10. The molecule has 3 nitrogen and oxygen atoms in total. The van der Waals surface area contributed by atoms with E-state index in [1.807, 2.05) is 0 Å². The van der Waals surface area contributed by atoms with Gasteiger partial charge in [0.2, 0.25) is 17.4 Å². The Hall–Kier alpha value is -1.28. The molecule has 100 valence electrons. The van der Waals surface area contributed by atoms with E-state index in [4.69, 9.17) is 4.55 Å². The number of rotatable bonds is 4. The molecule has 0 fully saturated rings. The largest absolute Gasteiger partial charge is 0.420 e. The van der Waals surface area contributed by atoms with Crippen molar-refractivity contribution in [1.82, 2.24) is 0 Å². The van der Waals surface area contributed by atoms with Crippen LogP contribution in [0.15, 0.2) is 4.90 Å². The fourth-order valence-electron chi connectivity index (χ4n) is 1.13. The van der Waals surface area contributed by atoms with Crippen molar-refractivity contribution in [2.75, 3.05) is 0 Å². The van der Waals surface area contributed by atoms with Crippen molar-refractivity contribution in [1.29, 1.82) is 0 Å². The van der Waals surface area contributed by atoms with E-state index in [0.29, 0.717) is 6.42 Å². The van der Waals surface area contributed by atoms with E-state index in [1.165, 1.54) is 0 Å². The summed E-state index contributed by atoms with van der Waals surface area (Å²) in [5.74, 6) is -9.83. The van der Waals surface area contributed by atoms with Crippen molar-refractivity contribution in [2.24, 2.45) is 0 Å². The molecular formula is C10H8F4O3S. The van der Waals surface area contributed by atoms with Crippen molar-refractivity contribution in [2.45, 2.75) is 24.7 Å². The van der Waals surface area contributed by atoms with Crippen LogP contribution in [0.2, 0.25) is 0 Å². The van der Waals surface area contributed by atoms with E-state index in [0.717, 1.165) is 0 Å². The average Bonchev–Trinajstić information content (AvgIpc) is 2.33. The van der Waals surface area contributed by atoms with Gasteiger partial charge in [-0.15, -0.1) is 0 Å². The Balaban J connectivity index is 3.25. The van der Waals surface area contributed by atoms with Gasteiger partial charge >= 0.3 is 5.97 Å². The second-order valence-corrected chi connectivity index (χ2v) is 3.82.